The van der Waals surface area contributed by atoms with Crippen molar-refractivity contribution in [2.24, 2.45) is 5.92 Å². The van der Waals surface area contributed by atoms with E-state index >= 15 is 0 Å². The lowest BCUT2D eigenvalue weighted by Crippen LogP contribution is -2.29. The fourth-order valence-corrected chi connectivity index (χ4v) is 4.05. The lowest BCUT2D eigenvalue weighted by molar-refractivity contribution is -0.385. The van der Waals surface area contributed by atoms with Gasteiger partial charge in [-0.25, -0.2) is 0 Å². The average Bonchev–Trinajstić information content (AvgIpc) is 3.11. The fourth-order valence-electron chi connectivity index (χ4n) is 4.05. The number of aromatic hydroxyl groups is 2. The van der Waals surface area contributed by atoms with E-state index in [1.54, 1.807) is 0 Å². The van der Waals surface area contributed by atoms with Crippen molar-refractivity contribution in [3.63, 3.8) is 0 Å². The highest BCUT2D eigenvalue weighted by Crippen LogP contribution is 2.55. The third-order valence-electron chi connectivity index (χ3n) is 5.23. The topological polar surface area (TPSA) is 139 Å². The van der Waals surface area contributed by atoms with Crippen LogP contribution in [0.2, 0.25) is 0 Å². The van der Waals surface area contributed by atoms with Crippen LogP contribution in [0.1, 0.15) is 29.5 Å². The van der Waals surface area contributed by atoms with Gasteiger partial charge in [-0.1, -0.05) is 12.2 Å². The number of nitrogens with zero attached hydrogens (tertiary/aromatic N) is 2. The predicted octanol–water partition coefficient (Wildman–Crippen LogP) is 3.74. The van der Waals surface area contributed by atoms with Gasteiger partial charge in [0.2, 0.25) is 0 Å². The van der Waals surface area contributed by atoms with E-state index in [1.165, 1.54) is 30.3 Å². The lowest BCUT2D eigenvalue weighted by atomic mass is 9.76. The summed E-state index contributed by atoms with van der Waals surface area (Å²) in [6.45, 7) is 0. The third-order valence-corrected chi connectivity index (χ3v) is 5.23. The van der Waals surface area contributed by atoms with Gasteiger partial charge in [-0.3, -0.25) is 20.2 Å². The van der Waals surface area contributed by atoms with Gasteiger partial charge in [0, 0.05) is 29.7 Å². The summed E-state index contributed by atoms with van der Waals surface area (Å²) in [6.07, 6.45) is 4.32. The van der Waals surface area contributed by atoms with Gasteiger partial charge in [-0.2, -0.15) is 0 Å². The van der Waals surface area contributed by atoms with E-state index < -0.39 is 15.9 Å². The molecule has 4 rings (SSSR count). The Morgan fingerprint density at radius 2 is 1.78 bits per heavy atom. The number of anilines is 1. The van der Waals surface area contributed by atoms with Crippen LogP contribution in [0.3, 0.4) is 0 Å². The summed E-state index contributed by atoms with van der Waals surface area (Å²) in [5.41, 5.74) is 0.659. The summed E-state index contributed by atoms with van der Waals surface area (Å²) in [6, 6.07) is 5.72. The van der Waals surface area contributed by atoms with Gasteiger partial charge in [0.25, 0.3) is 11.4 Å². The number of allylic oxidation sites excluding steroid dienone is 2. The van der Waals surface area contributed by atoms with E-state index in [1.807, 2.05) is 12.2 Å². The number of nitrogens with one attached hydrogen (secondary N) is 1. The molecule has 0 saturated carbocycles. The number of nitro benzene ring substituents is 2. The SMILES string of the molecule is O=[N+]([O-])c1ccc(O)c(C2Nc3c(O)ccc([N+](=O)[O-])c3C3C=CCC32)c1. The van der Waals surface area contributed by atoms with Crippen molar-refractivity contribution in [2.45, 2.75) is 18.4 Å². The Hall–Kier alpha value is -3.62. The smallest absolute Gasteiger partial charge is 0.275 e. The number of hydrogen-bond donors (Lipinski definition) is 3. The maximum Gasteiger partial charge on any atom is 0.275 e. The van der Waals surface area contributed by atoms with Gasteiger partial charge >= 0.3 is 0 Å². The molecule has 3 N–H and O–H groups in total. The van der Waals surface area contributed by atoms with Crippen LogP contribution in [0.5, 0.6) is 11.5 Å². The second-order valence-corrected chi connectivity index (χ2v) is 6.63. The molecule has 1 aliphatic heterocycles. The monoisotopic (exact) mass is 369 g/mol. The molecule has 0 spiro atoms. The predicted molar refractivity (Wildman–Crippen MR) is 95.9 cm³/mol. The molecule has 3 atom stereocenters. The molecule has 0 amide bonds. The number of hydrogen-bond acceptors (Lipinski definition) is 7. The van der Waals surface area contributed by atoms with Crippen molar-refractivity contribution in [1.29, 1.82) is 0 Å². The summed E-state index contributed by atoms with van der Waals surface area (Å²) in [4.78, 5) is 21.5. The van der Waals surface area contributed by atoms with Crippen LogP contribution in [0.4, 0.5) is 17.1 Å². The molecule has 0 bridgehead atoms. The molecule has 2 aromatic carbocycles. The van der Waals surface area contributed by atoms with E-state index in [2.05, 4.69) is 5.32 Å². The zero-order chi connectivity index (χ0) is 19.3. The van der Waals surface area contributed by atoms with Crippen LogP contribution in [-0.4, -0.2) is 20.1 Å². The van der Waals surface area contributed by atoms with E-state index in [9.17, 15) is 30.4 Å². The molecule has 9 heteroatoms. The fraction of sp³-hybridized carbons (Fsp3) is 0.222. The van der Waals surface area contributed by atoms with Gasteiger partial charge in [-0.15, -0.1) is 0 Å². The van der Waals surface area contributed by atoms with Crippen molar-refractivity contribution >= 4 is 17.1 Å². The molecule has 1 heterocycles. The van der Waals surface area contributed by atoms with Gasteiger partial charge in [0.15, 0.2) is 0 Å². The molecule has 9 nitrogen and oxygen atoms in total. The van der Waals surface area contributed by atoms with Crippen molar-refractivity contribution in [3.8, 4) is 11.5 Å². The number of nitro groups is 2. The number of fused-ring (bicyclic) bond motifs is 3. The Labute approximate surface area is 152 Å². The standard InChI is InChI=1S/C18H15N3O6/c22-14-6-4-9(20(24)25)8-12(14)17-11-3-1-2-10(11)16-13(21(26)27)5-7-15(23)18(16)19-17/h1-2,4-8,10-11,17,19,22-23H,3H2. The van der Waals surface area contributed by atoms with Crippen molar-refractivity contribution < 1.29 is 20.1 Å². The minimum atomic E-state index is -0.551. The molecule has 138 valence electrons. The molecule has 1 aliphatic carbocycles. The molecule has 2 aliphatic rings. The quantitative estimate of drug-likeness (QED) is 0.324. The Bertz CT molecular complexity index is 1000. The third kappa shape index (κ3) is 2.55. The van der Waals surface area contributed by atoms with Crippen LogP contribution in [0.25, 0.3) is 0 Å². The van der Waals surface area contributed by atoms with E-state index in [4.69, 9.17) is 0 Å². The van der Waals surface area contributed by atoms with E-state index in [-0.39, 0.29) is 40.4 Å². The van der Waals surface area contributed by atoms with Crippen molar-refractivity contribution in [3.05, 3.63) is 73.8 Å². The second kappa shape index (κ2) is 5.97. The van der Waals surface area contributed by atoms with Gasteiger partial charge in [0.05, 0.1) is 27.1 Å². The highest BCUT2D eigenvalue weighted by Gasteiger charge is 2.43. The molecule has 0 radical (unpaired) electrons. The van der Waals surface area contributed by atoms with Crippen LogP contribution in [0.15, 0.2) is 42.5 Å². The van der Waals surface area contributed by atoms with Crippen LogP contribution in [0, 0.1) is 26.1 Å². The van der Waals surface area contributed by atoms with E-state index in [0.717, 1.165) is 0 Å². The molecule has 2 aromatic rings. The normalized spacial score (nSPS) is 22.6. The number of non-ortho nitro benzene ring substituents is 1. The zero-order valence-corrected chi connectivity index (χ0v) is 13.9. The zero-order valence-electron chi connectivity index (χ0n) is 13.9. The molecule has 3 unspecified atom stereocenters. The average molecular weight is 369 g/mol. The molecule has 27 heavy (non-hydrogen) atoms. The summed E-state index contributed by atoms with van der Waals surface area (Å²) in [5, 5.41) is 46.2. The minimum Gasteiger partial charge on any atom is -0.508 e. The van der Waals surface area contributed by atoms with Crippen LogP contribution < -0.4 is 5.32 Å². The van der Waals surface area contributed by atoms with Gasteiger partial charge in [0.1, 0.15) is 11.5 Å². The second-order valence-electron chi connectivity index (χ2n) is 6.63. The number of phenolic OH excluding ortho intramolecular Hbond substituents is 2. The molecule has 0 aromatic heterocycles. The summed E-state index contributed by atoms with van der Waals surface area (Å²) in [5.74, 6) is -0.801. The highest BCUT2D eigenvalue weighted by atomic mass is 16.6. The Balaban J connectivity index is 1.89. The van der Waals surface area contributed by atoms with E-state index in [0.29, 0.717) is 17.5 Å². The van der Waals surface area contributed by atoms with Crippen LogP contribution >= 0.6 is 0 Å². The summed E-state index contributed by atoms with van der Waals surface area (Å²) in [7, 11) is 0. The van der Waals surface area contributed by atoms with Crippen molar-refractivity contribution in [1.82, 2.24) is 0 Å². The largest absolute Gasteiger partial charge is 0.508 e. The summed E-state index contributed by atoms with van der Waals surface area (Å²) >= 11 is 0. The first-order valence-electron chi connectivity index (χ1n) is 8.29. The molecular formula is C18H15N3O6. The maximum atomic E-state index is 11.5. The number of rotatable bonds is 3. The molecule has 0 fully saturated rings. The Kier molecular flexibility index (Phi) is 3.72. The Morgan fingerprint density at radius 1 is 1.04 bits per heavy atom. The summed E-state index contributed by atoms with van der Waals surface area (Å²) < 4.78 is 0. The Morgan fingerprint density at radius 3 is 2.48 bits per heavy atom. The first-order chi connectivity index (χ1) is 12.9. The molecular weight excluding hydrogens is 354 g/mol. The molecule has 0 saturated heterocycles. The maximum absolute atomic E-state index is 11.5. The van der Waals surface area contributed by atoms with Crippen LogP contribution in [-0.2, 0) is 0 Å². The minimum absolute atomic E-state index is 0.0986. The van der Waals surface area contributed by atoms with Gasteiger partial charge in [-0.05, 0) is 24.5 Å². The van der Waals surface area contributed by atoms with Crippen molar-refractivity contribution in [2.75, 3.05) is 5.32 Å². The van der Waals surface area contributed by atoms with Gasteiger partial charge < -0.3 is 15.5 Å². The lowest BCUT2D eigenvalue weighted by Gasteiger charge is -2.37. The first kappa shape index (κ1) is 16.8. The highest BCUT2D eigenvalue weighted by molar-refractivity contribution is 5.73. The first-order valence-corrected chi connectivity index (χ1v) is 8.29. The number of phenols is 2. The number of benzene rings is 2.